The molecule has 24 heavy (non-hydrogen) atoms. The van der Waals surface area contributed by atoms with Gasteiger partial charge in [-0.2, -0.15) is 0 Å². The fraction of sp³-hybridized carbons (Fsp3) is 0.235. The Labute approximate surface area is 151 Å². The van der Waals surface area contributed by atoms with E-state index in [1.807, 2.05) is 0 Å². The summed E-state index contributed by atoms with van der Waals surface area (Å²) < 4.78 is 11.1. The van der Waals surface area contributed by atoms with Crippen molar-refractivity contribution in [3.8, 4) is 11.5 Å². The predicted molar refractivity (Wildman–Crippen MR) is 94.9 cm³/mol. The van der Waals surface area contributed by atoms with Crippen LogP contribution in [0.1, 0.15) is 15.9 Å². The number of rotatable bonds is 6. The Morgan fingerprint density at radius 3 is 2.50 bits per heavy atom. The molecule has 0 fully saturated rings. The lowest BCUT2D eigenvalue weighted by Gasteiger charge is -2.15. The van der Waals surface area contributed by atoms with Gasteiger partial charge in [-0.05, 0) is 30.3 Å². The molecular weight excluding hydrogens is 351 g/mol. The number of nitrogens with one attached hydrogen (secondary N) is 1. The number of carbonyl (C=O) groups is 1. The summed E-state index contributed by atoms with van der Waals surface area (Å²) in [6, 6.07) is 10.2. The van der Waals surface area contributed by atoms with Gasteiger partial charge in [0, 0.05) is 35.3 Å². The Bertz CT molecular complexity index is 736. The molecule has 0 unspecified atom stereocenters. The van der Waals surface area contributed by atoms with Gasteiger partial charge in [-0.1, -0.05) is 29.3 Å². The highest BCUT2D eigenvalue weighted by molar-refractivity contribution is 6.35. The van der Waals surface area contributed by atoms with Crippen molar-refractivity contribution in [2.45, 2.75) is 6.61 Å². The molecule has 0 aromatic heterocycles. The van der Waals surface area contributed by atoms with Crippen LogP contribution in [0.15, 0.2) is 36.4 Å². The van der Waals surface area contributed by atoms with E-state index in [9.17, 15) is 4.79 Å². The molecule has 0 saturated heterocycles. The first-order valence-electron chi connectivity index (χ1n) is 7.13. The van der Waals surface area contributed by atoms with E-state index in [1.54, 1.807) is 55.5 Å². The molecule has 0 heterocycles. The number of hydrazine groups is 1. The first-order chi connectivity index (χ1) is 11.4. The Kier molecular flexibility index (Phi) is 6.31. The quantitative estimate of drug-likeness (QED) is 0.788. The van der Waals surface area contributed by atoms with Crippen LogP contribution in [0, 0.1) is 0 Å². The maximum absolute atomic E-state index is 12.0. The van der Waals surface area contributed by atoms with Gasteiger partial charge < -0.3 is 9.47 Å². The average molecular weight is 369 g/mol. The summed E-state index contributed by atoms with van der Waals surface area (Å²) in [6.45, 7) is 0.260. The van der Waals surface area contributed by atoms with Crippen molar-refractivity contribution in [3.05, 3.63) is 57.6 Å². The Morgan fingerprint density at radius 2 is 1.88 bits per heavy atom. The summed E-state index contributed by atoms with van der Waals surface area (Å²) in [5.41, 5.74) is 3.94. The van der Waals surface area contributed by atoms with Crippen molar-refractivity contribution in [1.82, 2.24) is 10.4 Å². The van der Waals surface area contributed by atoms with Gasteiger partial charge in [-0.25, -0.2) is 5.01 Å². The fourth-order valence-corrected chi connectivity index (χ4v) is 2.45. The Morgan fingerprint density at radius 1 is 1.12 bits per heavy atom. The molecule has 5 nitrogen and oxygen atoms in total. The van der Waals surface area contributed by atoms with Crippen LogP contribution in [0.3, 0.4) is 0 Å². The van der Waals surface area contributed by atoms with Gasteiger partial charge in [0.1, 0.15) is 6.61 Å². The number of amides is 1. The number of benzene rings is 2. The highest BCUT2D eigenvalue weighted by Crippen LogP contribution is 2.30. The highest BCUT2D eigenvalue weighted by Gasteiger charge is 2.12. The largest absolute Gasteiger partial charge is 0.493 e. The van der Waals surface area contributed by atoms with Gasteiger partial charge in [0.2, 0.25) is 0 Å². The van der Waals surface area contributed by atoms with E-state index in [1.165, 1.54) is 7.11 Å². The predicted octanol–water partition coefficient (Wildman–Crippen LogP) is 3.79. The molecule has 1 N–H and O–H groups in total. The van der Waals surface area contributed by atoms with Gasteiger partial charge in [-0.3, -0.25) is 10.2 Å². The minimum Gasteiger partial charge on any atom is -0.493 e. The van der Waals surface area contributed by atoms with Crippen molar-refractivity contribution >= 4 is 29.1 Å². The van der Waals surface area contributed by atoms with E-state index < -0.39 is 0 Å². The van der Waals surface area contributed by atoms with E-state index in [-0.39, 0.29) is 12.5 Å². The van der Waals surface area contributed by atoms with Gasteiger partial charge in [0.05, 0.1) is 7.11 Å². The summed E-state index contributed by atoms with van der Waals surface area (Å²) in [6.07, 6.45) is 0. The first-order valence-corrected chi connectivity index (χ1v) is 7.89. The zero-order valence-electron chi connectivity index (χ0n) is 13.6. The molecule has 0 spiro atoms. The van der Waals surface area contributed by atoms with Crippen molar-refractivity contribution in [2.75, 3.05) is 21.2 Å². The minimum absolute atomic E-state index is 0.231. The zero-order chi connectivity index (χ0) is 17.7. The summed E-state index contributed by atoms with van der Waals surface area (Å²) in [5, 5.41) is 2.67. The zero-order valence-corrected chi connectivity index (χ0v) is 15.1. The van der Waals surface area contributed by atoms with E-state index in [0.717, 1.165) is 5.56 Å². The standard InChI is InChI=1S/C17H18Cl2N2O3/c1-21(2)20-17(22)11-5-7-15(16(8-11)23-3)24-10-12-4-6-13(18)9-14(12)19/h4-9H,10H2,1-3H3,(H,20,22). The number of ether oxygens (including phenoxy) is 2. The second-order valence-corrected chi connectivity index (χ2v) is 6.07. The number of nitrogens with zero attached hydrogens (tertiary/aromatic N) is 1. The molecule has 0 bridgehead atoms. The molecule has 128 valence electrons. The third-order valence-corrected chi connectivity index (χ3v) is 3.74. The smallest absolute Gasteiger partial charge is 0.265 e. The Hall–Kier alpha value is -1.95. The fourth-order valence-electron chi connectivity index (χ4n) is 1.99. The lowest BCUT2D eigenvalue weighted by Crippen LogP contribution is -2.36. The van der Waals surface area contributed by atoms with Crippen LogP contribution < -0.4 is 14.9 Å². The van der Waals surface area contributed by atoms with E-state index in [0.29, 0.717) is 27.1 Å². The lowest BCUT2D eigenvalue weighted by molar-refractivity contribution is 0.0856. The van der Waals surface area contributed by atoms with Gasteiger partial charge in [0.25, 0.3) is 5.91 Å². The Balaban J connectivity index is 2.14. The molecule has 0 aliphatic heterocycles. The molecule has 0 atom stereocenters. The number of halogens is 2. The number of hydrogen-bond donors (Lipinski definition) is 1. The molecule has 0 aliphatic carbocycles. The van der Waals surface area contributed by atoms with E-state index in [4.69, 9.17) is 32.7 Å². The topological polar surface area (TPSA) is 50.8 Å². The monoisotopic (exact) mass is 368 g/mol. The lowest BCUT2D eigenvalue weighted by atomic mass is 10.2. The van der Waals surface area contributed by atoms with Gasteiger partial charge in [0.15, 0.2) is 11.5 Å². The normalized spacial score (nSPS) is 10.6. The van der Waals surface area contributed by atoms with Crippen molar-refractivity contribution in [3.63, 3.8) is 0 Å². The van der Waals surface area contributed by atoms with Crippen LogP contribution in [-0.4, -0.2) is 32.1 Å². The summed E-state index contributed by atoms with van der Waals surface area (Å²) in [5.74, 6) is 0.752. The SMILES string of the molecule is COc1cc(C(=O)NN(C)C)ccc1OCc1ccc(Cl)cc1Cl. The maximum atomic E-state index is 12.0. The molecule has 7 heteroatoms. The molecular formula is C17H18Cl2N2O3. The van der Waals surface area contributed by atoms with Crippen molar-refractivity contribution < 1.29 is 14.3 Å². The molecule has 2 aromatic rings. The highest BCUT2D eigenvalue weighted by atomic mass is 35.5. The third kappa shape index (κ3) is 4.77. The number of hydrogen-bond acceptors (Lipinski definition) is 4. The van der Waals surface area contributed by atoms with Gasteiger partial charge in [-0.15, -0.1) is 0 Å². The summed E-state index contributed by atoms with van der Waals surface area (Å²) >= 11 is 12.0. The van der Waals surface area contributed by atoms with Gasteiger partial charge >= 0.3 is 0 Å². The van der Waals surface area contributed by atoms with Crippen molar-refractivity contribution in [1.29, 1.82) is 0 Å². The molecule has 2 aromatic carbocycles. The van der Waals surface area contributed by atoms with E-state index >= 15 is 0 Å². The second-order valence-electron chi connectivity index (χ2n) is 5.23. The maximum Gasteiger partial charge on any atom is 0.265 e. The van der Waals surface area contributed by atoms with Crippen LogP contribution in [0.2, 0.25) is 10.0 Å². The minimum atomic E-state index is -0.231. The van der Waals surface area contributed by atoms with Crippen LogP contribution in [0.5, 0.6) is 11.5 Å². The molecule has 0 radical (unpaired) electrons. The van der Waals surface area contributed by atoms with Crippen LogP contribution in [0.25, 0.3) is 0 Å². The summed E-state index contributed by atoms with van der Waals surface area (Å²) in [4.78, 5) is 12.0. The van der Waals surface area contributed by atoms with E-state index in [2.05, 4.69) is 5.43 Å². The van der Waals surface area contributed by atoms with Crippen LogP contribution in [-0.2, 0) is 6.61 Å². The van der Waals surface area contributed by atoms with Crippen LogP contribution >= 0.6 is 23.2 Å². The number of methoxy groups -OCH3 is 1. The summed E-state index contributed by atoms with van der Waals surface area (Å²) in [7, 11) is 5.00. The molecule has 0 aliphatic rings. The van der Waals surface area contributed by atoms with Crippen LogP contribution in [0.4, 0.5) is 0 Å². The molecule has 1 amide bonds. The number of carbonyl (C=O) groups excluding carboxylic acids is 1. The first kappa shape index (κ1) is 18.4. The average Bonchev–Trinajstić information content (AvgIpc) is 2.53. The molecule has 0 saturated carbocycles. The third-order valence-electron chi connectivity index (χ3n) is 3.15. The molecule has 2 rings (SSSR count). The van der Waals surface area contributed by atoms with Crippen molar-refractivity contribution in [2.24, 2.45) is 0 Å². The second kappa shape index (κ2) is 8.24.